The van der Waals surface area contributed by atoms with Crippen LogP contribution in [0.2, 0.25) is 18.6 Å². The molecule has 0 fully saturated rings. The first-order chi connectivity index (χ1) is 13.7. The number of hydrogen-bond donors (Lipinski definition) is 0. The van der Waals surface area contributed by atoms with Crippen molar-refractivity contribution in [1.82, 2.24) is 0 Å². The summed E-state index contributed by atoms with van der Waals surface area (Å²) >= 11 is 0. The summed E-state index contributed by atoms with van der Waals surface area (Å²) in [5.74, 6) is 0.403. The maximum absolute atomic E-state index is 2.58. The summed E-state index contributed by atoms with van der Waals surface area (Å²) in [6.07, 6.45) is 0. The molecule has 0 N–H and O–H groups in total. The van der Waals surface area contributed by atoms with Crippen LogP contribution < -0.4 is 24.0 Å². The van der Waals surface area contributed by atoms with Crippen LogP contribution in [0, 0.1) is 0 Å². The number of benzene rings is 2. The van der Waals surface area contributed by atoms with E-state index in [2.05, 4.69) is 108 Å². The van der Waals surface area contributed by atoms with Crippen molar-refractivity contribution in [2.45, 2.75) is 59.2 Å². The minimum atomic E-state index is -1.76. The van der Waals surface area contributed by atoms with E-state index < -0.39 is 8.07 Å². The summed E-state index contributed by atoms with van der Waals surface area (Å²) in [6.45, 7) is 16.9. The molecule has 0 saturated heterocycles. The molecule has 30 heavy (non-hydrogen) atoms. The Labute approximate surface area is 195 Å². The maximum Gasteiger partial charge on any atom is 1.00 e. The van der Waals surface area contributed by atoms with Gasteiger partial charge in [-0.1, -0.05) is 73.1 Å². The molecule has 0 spiro atoms. The van der Waals surface area contributed by atoms with Crippen LogP contribution in [0.4, 0.5) is 0 Å². The van der Waals surface area contributed by atoms with E-state index in [0.29, 0.717) is 11.5 Å². The molecule has 0 aliphatic heterocycles. The van der Waals surface area contributed by atoms with Crippen molar-refractivity contribution in [3.8, 4) is 0 Å². The first kappa shape index (κ1) is 23.0. The summed E-state index contributed by atoms with van der Waals surface area (Å²) in [7, 11) is -1.76. The second kappa shape index (κ2) is 8.47. The number of rotatable bonds is 4. The molecule has 1 aliphatic carbocycles. The van der Waals surface area contributed by atoms with Crippen LogP contribution in [0.15, 0.2) is 83.0 Å². The van der Waals surface area contributed by atoms with Gasteiger partial charge in [0.15, 0.2) is 0 Å². The van der Waals surface area contributed by atoms with Gasteiger partial charge in [-0.15, -0.1) is 45.8 Å². The van der Waals surface area contributed by atoms with E-state index in [-0.39, 0.29) is 18.9 Å². The standard InChI is InChI=1S/C28H33Si.Li/c1-18-19(2)21(4)28(20(18)3)29(6,7)27-17-26(24-15-11-12-16-25(24)27)22(5)23-13-9-8-10-14-23;/h8-17,22,28H,1-7H3;/q-1;+1. The molecule has 0 radical (unpaired) electrons. The topological polar surface area (TPSA) is 0 Å². The fourth-order valence-corrected chi connectivity index (χ4v) is 10.0. The van der Waals surface area contributed by atoms with Gasteiger partial charge in [0, 0.05) is 8.07 Å². The molecule has 0 bridgehead atoms. The Balaban J connectivity index is 0.00000256. The van der Waals surface area contributed by atoms with Gasteiger partial charge in [-0.05, 0) is 50.3 Å². The van der Waals surface area contributed by atoms with Gasteiger partial charge in [-0.2, -0.15) is 0 Å². The minimum absolute atomic E-state index is 0. The number of hydrogen-bond acceptors (Lipinski definition) is 0. The third-order valence-electron chi connectivity index (χ3n) is 7.62. The second-order valence-electron chi connectivity index (χ2n) is 9.46. The summed E-state index contributed by atoms with van der Waals surface area (Å²) in [6, 6.07) is 22.6. The smallest absolute Gasteiger partial charge is 0.149 e. The van der Waals surface area contributed by atoms with E-state index in [4.69, 9.17) is 0 Å². The van der Waals surface area contributed by atoms with Crippen LogP contribution in [-0.2, 0) is 0 Å². The van der Waals surface area contributed by atoms with Crippen molar-refractivity contribution in [3.05, 3.63) is 94.1 Å². The average molecular weight is 405 g/mol. The molecular weight excluding hydrogens is 371 g/mol. The largest absolute Gasteiger partial charge is 1.00 e. The minimum Gasteiger partial charge on any atom is -0.149 e. The first-order valence-electron chi connectivity index (χ1n) is 10.8. The molecule has 0 aromatic heterocycles. The van der Waals surface area contributed by atoms with Crippen LogP contribution in [0.3, 0.4) is 0 Å². The van der Waals surface area contributed by atoms with Gasteiger partial charge < -0.3 is 0 Å². The van der Waals surface area contributed by atoms with E-state index in [9.17, 15) is 0 Å². The molecule has 1 unspecified atom stereocenters. The van der Waals surface area contributed by atoms with E-state index in [1.165, 1.54) is 33.0 Å². The molecular formula is C28H33LiSi. The molecule has 0 heterocycles. The molecule has 3 aromatic carbocycles. The molecule has 0 nitrogen and oxygen atoms in total. The zero-order valence-corrected chi connectivity index (χ0v) is 20.9. The van der Waals surface area contributed by atoms with E-state index in [1.54, 1.807) is 16.3 Å². The number of fused-ring (bicyclic) bond motifs is 1. The van der Waals surface area contributed by atoms with Gasteiger partial charge in [0.1, 0.15) is 0 Å². The monoisotopic (exact) mass is 404 g/mol. The van der Waals surface area contributed by atoms with Crippen LogP contribution in [0.5, 0.6) is 0 Å². The third kappa shape index (κ3) is 3.52. The fraction of sp³-hybridized carbons (Fsp3) is 0.321. The van der Waals surface area contributed by atoms with Crippen LogP contribution >= 0.6 is 0 Å². The maximum atomic E-state index is 2.58. The summed E-state index contributed by atoms with van der Waals surface area (Å²) in [5.41, 5.74) is 9.71. The summed E-state index contributed by atoms with van der Waals surface area (Å²) < 4.78 is 0. The van der Waals surface area contributed by atoms with Gasteiger partial charge in [0.05, 0.1) is 0 Å². The van der Waals surface area contributed by atoms with Crippen molar-refractivity contribution in [1.29, 1.82) is 0 Å². The molecule has 150 valence electrons. The Hall–Kier alpha value is -1.66. The quantitative estimate of drug-likeness (QED) is 0.437. The van der Waals surface area contributed by atoms with E-state index >= 15 is 0 Å². The number of allylic oxidation sites excluding steroid dienone is 4. The molecule has 0 saturated carbocycles. The molecule has 1 aliphatic rings. The zero-order chi connectivity index (χ0) is 20.9. The average Bonchev–Trinajstić information content (AvgIpc) is 3.21. The van der Waals surface area contributed by atoms with Gasteiger partial charge >= 0.3 is 18.9 Å². The molecule has 2 heteroatoms. The Kier molecular flexibility index (Phi) is 6.50. The first-order valence-corrected chi connectivity index (χ1v) is 13.9. The Morgan fingerprint density at radius 3 is 1.93 bits per heavy atom. The Bertz CT molecular complexity index is 1100. The van der Waals surface area contributed by atoms with Crippen molar-refractivity contribution in [3.63, 3.8) is 0 Å². The van der Waals surface area contributed by atoms with Crippen molar-refractivity contribution >= 4 is 24.0 Å². The second-order valence-corrected chi connectivity index (χ2v) is 14.0. The Morgan fingerprint density at radius 2 is 1.33 bits per heavy atom. The van der Waals surface area contributed by atoms with Gasteiger partial charge in [-0.25, -0.2) is 0 Å². The van der Waals surface area contributed by atoms with Gasteiger partial charge in [-0.3, -0.25) is 0 Å². The summed E-state index contributed by atoms with van der Waals surface area (Å²) in [5, 5.41) is 4.54. The SMILES string of the molecule is CC1=C(C)C([Si](C)(C)[c-]2cc(C(C)c3ccccc3)c3ccccc32)C(C)=C1C.[Li+]. The molecule has 0 amide bonds. The van der Waals surface area contributed by atoms with E-state index in [1.807, 2.05) is 0 Å². The van der Waals surface area contributed by atoms with E-state index in [0.717, 1.165) is 0 Å². The molecule has 4 rings (SSSR count). The van der Waals surface area contributed by atoms with Gasteiger partial charge in [0.25, 0.3) is 0 Å². The third-order valence-corrected chi connectivity index (χ3v) is 11.7. The zero-order valence-electron chi connectivity index (χ0n) is 19.9. The Morgan fingerprint density at radius 1 is 0.800 bits per heavy atom. The van der Waals surface area contributed by atoms with Crippen LogP contribution in [0.1, 0.15) is 51.7 Å². The molecule has 3 aromatic rings. The van der Waals surface area contributed by atoms with Gasteiger partial charge in [0.2, 0.25) is 0 Å². The predicted octanol–water partition coefficient (Wildman–Crippen LogP) is 4.69. The normalized spacial score (nSPS) is 16.4. The van der Waals surface area contributed by atoms with Crippen molar-refractivity contribution in [2.24, 2.45) is 0 Å². The van der Waals surface area contributed by atoms with Crippen molar-refractivity contribution < 1.29 is 18.9 Å². The molecule has 1 atom stereocenters. The van der Waals surface area contributed by atoms with Crippen LogP contribution in [0.25, 0.3) is 10.8 Å². The predicted molar refractivity (Wildman–Crippen MR) is 131 cm³/mol. The van der Waals surface area contributed by atoms with Crippen LogP contribution in [-0.4, -0.2) is 8.07 Å². The fourth-order valence-electron chi connectivity index (χ4n) is 5.68. The summed E-state index contributed by atoms with van der Waals surface area (Å²) in [4.78, 5) is 0. The van der Waals surface area contributed by atoms with Crippen molar-refractivity contribution in [2.75, 3.05) is 0 Å².